The molecule has 0 fully saturated rings. The number of hydrogen-bond acceptors (Lipinski definition) is 5. The van der Waals surface area contributed by atoms with Crippen LogP contribution in [0.1, 0.15) is 33.2 Å². The van der Waals surface area contributed by atoms with E-state index in [-0.39, 0.29) is 18.0 Å². The van der Waals surface area contributed by atoms with Crippen LogP contribution < -0.4 is 9.47 Å². The fourth-order valence-electron chi connectivity index (χ4n) is 2.73. The van der Waals surface area contributed by atoms with Gasteiger partial charge in [-0.2, -0.15) is 0 Å². The predicted octanol–water partition coefficient (Wildman–Crippen LogP) is 5.47. The topological polar surface area (TPSA) is 61.8 Å². The summed E-state index contributed by atoms with van der Waals surface area (Å²) in [5.74, 6) is 0.0313. The average Bonchev–Trinajstić information content (AvgIpc) is 2.78. The van der Waals surface area contributed by atoms with Crippen molar-refractivity contribution in [3.8, 4) is 11.5 Å². The molecule has 30 heavy (non-hydrogen) atoms. The molecule has 0 amide bonds. The van der Waals surface area contributed by atoms with E-state index in [2.05, 4.69) is 15.9 Å². The van der Waals surface area contributed by atoms with Crippen molar-refractivity contribution in [2.75, 3.05) is 13.2 Å². The van der Waals surface area contributed by atoms with E-state index in [4.69, 9.17) is 14.2 Å². The maximum absolute atomic E-state index is 12.5. The van der Waals surface area contributed by atoms with Gasteiger partial charge < -0.3 is 14.2 Å². The van der Waals surface area contributed by atoms with Crippen LogP contribution in [0.3, 0.4) is 0 Å². The van der Waals surface area contributed by atoms with Crippen molar-refractivity contribution in [2.45, 2.75) is 13.5 Å². The minimum absolute atomic E-state index is 0.259. The molecule has 0 unspecified atom stereocenters. The highest BCUT2D eigenvalue weighted by Crippen LogP contribution is 2.37. The normalized spacial score (nSPS) is 10.3. The molecule has 0 spiro atoms. The third kappa shape index (κ3) is 5.70. The van der Waals surface area contributed by atoms with Crippen molar-refractivity contribution in [3.63, 3.8) is 0 Å². The van der Waals surface area contributed by atoms with Gasteiger partial charge in [0.2, 0.25) is 0 Å². The average molecular weight is 469 g/mol. The SMILES string of the molecule is CCOc1c(Br)cc(C(=O)OCC(=O)c2ccccc2)cc1OCc1ccccc1. The van der Waals surface area contributed by atoms with Crippen LogP contribution in [0.2, 0.25) is 0 Å². The van der Waals surface area contributed by atoms with Crippen LogP contribution in [0, 0.1) is 0 Å². The van der Waals surface area contributed by atoms with Gasteiger partial charge in [-0.3, -0.25) is 4.79 Å². The lowest BCUT2D eigenvalue weighted by molar-refractivity contribution is 0.0474. The van der Waals surface area contributed by atoms with E-state index < -0.39 is 5.97 Å². The summed E-state index contributed by atoms with van der Waals surface area (Å²) in [5, 5.41) is 0. The smallest absolute Gasteiger partial charge is 0.338 e. The number of benzene rings is 3. The zero-order valence-corrected chi connectivity index (χ0v) is 18.1. The fourth-order valence-corrected chi connectivity index (χ4v) is 3.29. The highest BCUT2D eigenvalue weighted by molar-refractivity contribution is 9.10. The fraction of sp³-hybridized carbons (Fsp3) is 0.167. The van der Waals surface area contributed by atoms with Crippen molar-refractivity contribution in [1.29, 1.82) is 0 Å². The highest BCUT2D eigenvalue weighted by Gasteiger charge is 2.18. The Labute approximate surface area is 183 Å². The Morgan fingerprint density at radius 3 is 2.20 bits per heavy atom. The largest absolute Gasteiger partial charge is 0.489 e. The van der Waals surface area contributed by atoms with Gasteiger partial charge in [-0.1, -0.05) is 60.7 Å². The van der Waals surface area contributed by atoms with Gasteiger partial charge in [0.25, 0.3) is 0 Å². The molecule has 0 radical (unpaired) electrons. The van der Waals surface area contributed by atoms with E-state index in [1.54, 1.807) is 36.4 Å². The number of ether oxygens (including phenoxy) is 3. The highest BCUT2D eigenvalue weighted by atomic mass is 79.9. The number of ketones is 1. The van der Waals surface area contributed by atoms with Crippen LogP contribution >= 0.6 is 15.9 Å². The molecule has 0 aliphatic heterocycles. The van der Waals surface area contributed by atoms with Crippen LogP contribution in [0.5, 0.6) is 11.5 Å². The van der Waals surface area contributed by atoms with Crippen LogP contribution in [0.15, 0.2) is 77.3 Å². The van der Waals surface area contributed by atoms with E-state index >= 15 is 0 Å². The van der Waals surface area contributed by atoms with Gasteiger partial charge in [0, 0.05) is 5.56 Å². The lowest BCUT2D eigenvalue weighted by Gasteiger charge is -2.15. The molecular weight excluding hydrogens is 448 g/mol. The second kappa shape index (κ2) is 10.6. The first kappa shape index (κ1) is 21.6. The molecule has 0 aliphatic carbocycles. The first-order chi connectivity index (χ1) is 14.6. The van der Waals surface area contributed by atoms with Gasteiger partial charge in [-0.15, -0.1) is 0 Å². The Balaban J connectivity index is 1.74. The molecule has 5 nitrogen and oxygen atoms in total. The van der Waals surface area contributed by atoms with Gasteiger partial charge in [0.05, 0.1) is 16.6 Å². The second-order valence-electron chi connectivity index (χ2n) is 6.36. The summed E-state index contributed by atoms with van der Waals surface area (Å²) in [5.41, 5.74) is 1.73. The molecule has 3 rings (SSSR count). The van der Waals surface area contributed by atoms with Gasteiger partial charge in [-0.25, -0.2) is 4.79 Å². The Kier molecular flexibility index (Phi) is 7.63. The number of halogens is 1. The van der Waals surface area contributed by atoms with Crippen molar-refractivity contribution in [2.24, 2.45) is 0 Å². The number of esters is 1. The zero-order chi connectivity index (χ0) is 21.3. The molecule has 0 saturated carbocycles. The van der Waals surface area contributed by atoms with E-state index in [1.165, 1.54) is 0 Å². The van der Waals surface area contributed by atoms with E-state index in [0.29, 0.717) is 34.7 Å². The third-order valence-corrected chi connectivity index (χ3v) is 4.79. The minimum atomic E-state index is -0.618. The number of carbonyl (C=O) groups excluding carboxylic acids is 2. The zero-order valence-electron chi connectivity index (χ0n) is 16.5. The summed E-state index contributed by atoms with van der Waals surface area (Å²) in [6.45, 7) is 2.28. The molecule has 6 heteroatoms. The summed E-state index contributed by atoms with van der Waals surface area (Å²) >= 11 is 3.43. The molecule has 0 saturated heterocycles. The third-order valence-electron chi connectivity index (χ3n) is 4.20. The van der Waals surface area contributed by atoms with Crippen molar-refractivity contribution in [1.82, 2.24) is 0 Å². The van der Waals surface area contributed by atoms with Crippen molar-refractivity contribution < 1.29 is 23.8 Å². The van der Waals surface area contributed by atoms with Gasteiger partial charge in [0.1, 0.15) is 6.61 Å². The summed E-state index contributed by atoms with van der Waals surface area (Å²) in [7, 11) is 0. The lowest BCUT2D eigenvalue weighted by atomic mass is 10.1. The molecule has 0 aliphatic rings. The maximum atomic E-state index is 12.5. The van der Waals surface area contributed by atoms with Crippen LogP contribution in [-0.4, -0.2) is 25.0 Å². The summed E-state index contributed by atoms with van der Waals surface area (Å²) in [6, 6.07) is 21.5. The molecule has 0 bridgehead atoms. The van der Waals surface area contributed by atoms with Crippen LogP contribution in [-0.2, 0) is 11.3 Å². The van der Waals surface area contributed by atoms with Gasteiger partial charge in [-0.05, 0) is 40.5 Å². The monoisotopic (exact) mass is 468 g/mol. The van der Waals surface area contributed by atoms with Gasteiger partial charge >= 0.3 is 5.97 Å². The van der Waals surface area contributed by atoms with Gasteiger partial charge in [0.15, 0.2) is 23.9 Å². The second-order valence-corrected chi connectivity index (χ2v) is 7.21. The molecule has 0 N–H and O–H groups in total. The predicted molar refractivity (Wildman–Crippen MR) is 117 cm³/mol. The van der Waals surface area contributed by atoms with Crippen molar-refractivity contribution >= 4 is 27.7 Å². The number of carbonyl (C=O) groups is 2. The molecule has 3 aromatic carbocycles. The Hall–Kier alpha value is -3.12. The van der Waals surface area contributed by atoms with E-state index in [0.717, 1.165) is 5.56 Å². The standard InChI is InChI=1S/C24H21BrO5/c1-2-28-23-20(25)13-19(14-22(23)29-15-17-9-5-3-6-10-17)24(27)30-16-21(26)18-11-7-4-8-12-18/h3-14H,2,15-16H2,1H3. The van der Waals surface area contributed by atoms with Crippen LogP contribution in [0.25, 0.3) is 0 Å². The summed E-state index contributed by atoms with van der Waals surface area (Å²) in [4.78, 5) is 24.7. The summed E-state index contributed by atoms with van der Waals surface area (Å²) < 4.78 is 17.4. The number of hydrogen-bond donors (Lipinski definition) is 0. The minimum Gasteiger partial charge on any atom is -0.489 e. The molecule has 0 heterocycles. The molecule has 0 atom stereocenters. The quantitative estimate of drug-likeness (QED) is 0.308. The van der Waals surface area contributed by atoms with Crippen molar-refractivity contribution in [3.05, 3.63) is 94.0 Å². The Morgan fingerprint density at radius 1 is 0.867 bits per heavy atom. The number of Topliss-reactive ketones (excluding diaryl/α,β-unsaturated/α-hetero) is 1. The molecule has 0 aromatic heterocycles. The number of rotatable bonds is 9. The first-order valence-electron chi connectivity index (χ1n) is 9.47. The Morgan fingerprint density at radius 2 is 1.53 bits per heavy atom. The first-order valence-corrected chi connectivity index (χ1v) is 10.3. The summed E-state index contributed by atoms with van der Waals surface area (Å²) in [6.07, 6.45) is 0. The van der Waals surface area contributed by atoms with Crippen LogP contribution in [0.4, 0.5) is 0 Å². The molecule has 3 aromatic rings. The Bertz CT molecular complexity index is 1000. The molecule has 154 valence electrons. The van der Waals surface area contributed by atoms with E-state index in [9.17, 15) is 9.59 Å². The van der Waals surface area contributed by atoms with E-state index in [1.807, 2.05) is 43.3 Å². The lowest BCUT2D eigenvalue weighted by Crippen LogP contribution is -2.14. The molecular formula is C24H21BrO5. The maximum Gasteiger partial charge on any atom is 0.338 e.